The number of carbonyl (C=O) groups excluding carboxylic acids is 1. The molecule has 3 nitrogen and oxygen atoms in total. The van der Waals surface area contributed by atoms with E-state index in [0.717, 1.165) is 38.8 Å². The first kappa shape index (κ1) is 15.5. The van der Waals surface area contributed by atoms with Gasteiger partial charge in [0.05, 0.1) is 0 Å². The predicted molar refractivity (Wildman–Crippen MR) is 76.3 cm³/mol. The Balaban J connectivity index is 2.42. The van der Waals surface area contributed by atoms with Crippen LogP contribution >= 0.6 is 0 Å². The zero-order valence-corrected chi connectivity index (χ0v) is 12.3. The summed E-state index contributed by atoms with van der Waals surface area (Å²) < 4.78 is 0. The fraction of sp³-hybridized carbons (Fsp3) is 0.933. The molecular formula is C15H30N2O. The van der Waals surface area contributed by atoms with E-state index in [4.69, 9.17) is 5.73 Å². The molecule has 0 aromatic rings. The molecule has 0 aromatic carbocycles. The summed E-state index contributed by atoms with van der Waals surface area (Å²) in [6, 6.07) is 0.268. The summed E-state index contributed by atoms with van der Waals surface area (Å²) in [5, 5.41) is 0. The molecule has 1 heterocycles. The van der Waals surface area contributed by atoms with Crippen LogP contribution in [0, 0.1) is 11.8 Å². The number of hydrogen-bond donors (Lipinski definition) is 1. The summed E-state index contributed by atoms with van der Waals surface area (Å²) >= 11 is 0. The lowest BCUT2D eigenvalue weighted by Gasteiger charge is -2.35. The topological polar surface area (TPSA) is 46.3 Å². The van der Waals surface area contributed by atoms with Gasteiger partial charge in [0.1, 0.15) is 0 Å². The van der Waals surface area contributed by atoms with Gasteiger partial charge in [-0.2, -0.15) is 0 Å². The molecule has 2 atom stereocenters. The van der Waals surface area contributed by atoms with Crippen LogP contribution in [0.5, 0.6) is 0 Å². The predicted octanol–water partition coefficient (Wildman–Crippen LogP) is 2.79. The van der Waals surface area contributed by atoms with Gasteiger partial charge in [-0.05, 0) is 38.5 Å². The van der Waals surface area contributed by atoms with Crippen LogP contribution in [0.15, 0.2) is 0 Å². The number of rotatable bonds is 6. The molecule has 106 valence electrons. The lowest BCUT2D eigenvalue weighted by atomic mass is 9.89. The summed E-state index contributed by atoms with van der Waals surface area (Å²) in [6.07, 6.45) is 6.53. The van der Waals surface area contributed by atoms with Gasteiger partial charge in [-0.1, -0.05) is 26.7 Å². The van der Waals surface area contributed by atoms with Crippen molar-refractivity contribution in [3.8, 4) is 0 Å². The molecule has 0 aromatic heterocycles. The largest absolute Gasteiger partial charge is 0.342 e. The van der Waals surface area contributed by atoms with Gasteiger partial charge in [-0.25, -0.2) is 0 Å². The Kier molecular flexibility index (Phi) is 6.69. The van der Waals surface area contributed by atoms with Crippen molar-refractivity contribution >= 4 is 5.91 Å². The van der Waals surface area contributed by atoms with Crippen molar-refractivity contribution < 1.29 is 4.79 Å². The smallest absolute Gasteiger partial charge is 0.225 e. The number of unbranched alkanes of at least 4 members (excludes halogenated alkanes) is 1. The number of hydrogen-bond acceptors (Lipinski definition) is 2. The van der Waals surface area contributed by atoms with Gasteiger partial charge in [-0.15, -0.1) is 0 Å². The minimum absolute atomic E-state index is 0.247. The highest BCUT2D eigenvalue weighted by atomic mass is 16.2. The molecule has 0 aliphatic carbocycles. The first-order chi connectivity index (χ1) is 8.60. The molecule has 2 unspecified atom stereocenters. The van der Waals surface area contributed by atoms with Crippen molar-refractivity contribution in [3.05, 3.63) is 0 Å². The Hall–Kier alpha value is -0.570. The van der Waals surface area contributed by atoms with E-state index in [9.17, 15) is 4.79 Å². The standard InChI is InChI=1S/C15H30N2O/c1-4-6-7-13(5-2)15(18)17-10-8-14(9-11-17)12(3)16/h12-14H,4-11,16H2,1-3H3. The van der Waals surface area contributed by atoms with Gasteiger partial charge >= 0.3 is 0 Å². The van der Waals surface area contributed by atoms with Crippen LogP contribution in [0.4, 0.5) is 0 Å². The molecule has 0 saturated carbocycles. The molecule has 0 spiro atoms. The number of amides is 1. The molecule has 1 amide bonds. The highest BCUT2D eigenvalue weighted by Crippen LogP contribution is 2.23. The van der Waals surface area contributed by atoms with E-state index in [1.54, 1.807) is 0 Å². The maximum atomic E-state index is 12.4. The van der Waals surface area contributed by atoms with Crippen molar-refractivity contribution in [2.45, 2.75) is 65.3 Å². The third-order valence-electron chi connectivity index (χ3n) is 4.34. The summed E-state index contributed by atoms with van der Waals surface area (Å²) in [5.41, 5.74) is 5.94. The second-order valence-electron chi connectivity index (χ2n) is 5.77. The summed E-state index contributed by atoms with van der Waals surface area (Å²) in [5.74, 6) is 1.23. The molecular weight excluding hydrogens is 224 g/mol. The summed E-state index contributed by atoms with van der Waals surface area (Å²) in [7, 11) is 0. The Labute approximate surface area is 112 Å². The van der Waals surface area contributed by atoms with Crippen molar-refractivity contribution in [1.29, 1.82) is 0 Å². The van der Waals surface area contributed by atoms with E-state index < -0.39 is 0 Å². The maximum absolute atomic E-state index is 12.4. The fourth-order valence-electron chi connectivity index (χ4n) is 2.86. The number of nitrogens with two attached hydrogens (primary N) is 1. The van der Waals surface area contributed by atoms with Gasteiger partial charge in [0.15, 0.2) is 0 Å². The molecule has 0 radical (unpaired) electrons. The molecule has 1 rings (SSSR count). The molecule has 1 saturated heterocycles. The van der Waals surface area contributed by atoms with E-state index in [1.807, 2.05) is 0 Å². The van der Waals surface area contributed by atoms with E-state index >= 15 is 0 Å². The van der Waals surface area contributed by atoms with Crippen LogP contribution in [-0.4, -0.2) is 29.9 Å². The average molecular weight is 254 g/mol. The van der Waals surface area contributed by atoms with Crippen LogP contribution in [0.1, 0.15) is 59.3 Å². The van der Waals surface area contributed by atoms with Gasteiger partial charge in [0.25, 0.3) is 0 Å². The van der Waals surface area contributed by atoms with Crippen molar-refractivity contribution in [2.75, 3.05) is 13.1 Å². The van der Waals surface area contributed by atoms with E-state index in [-0.39, 0.29) is 12.0 Å². The first-order valence-corrected chi connectivity index (χ1v) is 7.64. The molecule has 1 fully saturated rings. The Bertz CT molecular complexity index is 245. The third-order valence-corrected chi connectivity index (χ3v) is 4.34. The average Bonchev–Trinajstić information content (AvgIpc) is 2.39. The van der Waals surface area contributed by atoms with Crippen molar-refractivity contribution in [1.82, 2.24) is 4.90 Å². The van der Waals surface area contributed by atoms with Crippen LogP contribution < -0.4 is 5.73 Å². The summed E-state index contributed by atoms with van der Waals surface area (Å²) in [6.45, 7) is 8.22. The minimum atomic E-state index is 0.247. The molecule has 0 bridgehead atoms. The van der Waals surface area contributed by atoms with E-state index in [2.05, 4.69) is 25.7 Å². The van der Waals surface area contributed by atoms with E-state index in [1.165, 1.54) is 12.8 Å². The van der Waals surface area contributed by atoms with Gasteiger partial charge in [0, 0.05) is 25.0 Å². The SMILES string of the molecule is CCCCC(CC)C(=O)N1CCC(C(C)N)CC1. The first-order valence-electron chi connectivity index (χ1n) is 7.64. The number of carbonyl (C=O) groups is 1. The van der Waals surface area contributed by atoms with Gasteiger partial charge in [0.2, 0.25) is 5.91 Å². The molecule has 3 heteroatoms. The number of likely N-dealkylation sites (tertiary alicyclic amines) is 1. The second kappa shape index (κ2) is 7.78. The lowest BCUT2D eigenvalue weighted by Crippen LogP contribution is -2.44. The maximum Gasteiger partial charge on any atom is 0.225 e. The number of nitrogens with zero attached hydrogens (tertiary/aromatic N) is 1. The fourth-order valence-corrected chi connectivity index (χ4v) is 2.86. The van der Waals surface area contributed by atoms with Gasteiger partial charge in [-0.3, -0.25) is 4.79 Å². The van der Waals surface area contributed by atoms with Gasteiger partial charge < -0.3 is 10.6 Å². The Morgan fingerprint density at radius 2 is 1.94 bits per heavy atom. The van der Waals surface area contributed by atoms with E-state index in [0.29, 0.717) is 11.8 Å². The minimum Gasteiger partial charge on any atom is -0.342 e. The summed E-state index contributed by atoms with van der Waals surface area (Å²) in [4.78, 5) is 14.5. The zero-order chi connectivity index (χ0) is 13.5. The highest BCUT2D eigenvalue weighted by molar-refractivity contribution is 5.78. The Morgan fingerprint density at radius 3 is 2.39 bits per heavy atom. The van der Waals surface area contributed by atoms with Crippen LogP contribution in [0.25, 0.3) is 0 Å². The molecule has 1 aliphatic rings. The molecule has 18 heavy (non-hydrogen) atoms. The monoisotopic (exact) mass is 254 g/mol. The third kappa shape index (κ3) is 4.27. The molecule has 1 aliphatic heterocycles. The van der Waals surface area contributed by atoms with Crippen LogP contribution in [0.2, 0.25) is 0 Å². The molecule has 2 N–H and O–H groups in total. The number of piperidine rings is 1. The Morgan fingerprint density at radius 1 is 1.33 bits per heavy atom. The van der Waals surface area contributed by atoms with Crippen molar-refractivity contribution in [3.63, 3.8) is 0 Å². The zero-order valence-electron chi connectivity index (χ0n) is 12.3. The lowest BCUT2D eigenvalue weighted by molar-refractivity contribution is -0.137. The quantitative estimate of drug-likeness (QED) is 0.792. The van der Waals surface area contributed by atoms with Crippen LogP contribution in [-0.2, 0) is 4.79 Å². The highest BCUT2D eigenvalue weighted by Gasteiger charge is 2.28. The normalized spacial score (nSPS) is 20.8. The van der Waals surface area contributed by atoms with Crippen LogP contribution in [0.3, 0.4) is 0 Å². The second-order valence-corrected chi connectivity index (χ2v) is 5.77. The van der Waals surface area contributed by atoms with Crippen molar-refractivity contribution in [2.24, 2.45) is 17.6 Å².